The van der Waals surface area contributed by atoms with Crippen LogP contribution in [0.1, 0.15) is 86.5 Å². The van der Waals surface area contributed by atoms with Crippen molar-refractivity contribution < 1.29 is 24.2 Å². The number of nitrogens with zero attached hydrogens (tertiary/aromatic N) is 1. The monoisotopic (exact) mass is 441 g/mol. The van der Waals surface area contributed by atoms with E-state index in [-0.39, 0.29) is 29.4 Å². The lowest BCUT2D eigenvalue weighted by Crippen LogP contribution is -2.55. The second kappa shape index (κ2) is 12.4. The van der Waals surface area contributed by atoms with Crippen LogP contribution in [0.5, 0.6) is 0 Å². The maximum atomic E-state index is 13.1. The van der Waals surface area contributed by atoms with E-state index in [2.05, 4.69) is 5.32 Å². The number of carbonyl (C=O) groups is 3. The Morgan fingerprint density at radius 2 is 1.77 bits per heavy atom. The molecular formula is C23H43N3O5. The van der Waals surface area contributed by atoms with Crippen LogP contribution in [0.15, 0.2) is 0 Å². The smallest absolute Gasteiger partial charge is 0.326 e. The first-order chi connectivity index (χ1) is 14.4. The number of carboxylic acid groups (broad SMARTS) is 1. The van der Waals surface area contributed by atoms with E-state index in [4.69, 9.17) is 10.5 Å². The van der Waals surface area contributed by atoms with Crippen LogP contribution in [0.2, 0.25) is 0 Å². The molecule has 1 aliphatic heterocycles. The van der Waals surface area contributed by atoms with E-state index in [1.807, 2.05) is 27.7 Å². The summed E-state index contributed by atoms with van der Waals surface area (Å²) in [5.41, 5.74) is 5.35. The Kier molecular flexibility index (Phi) is 10.9. The summed E-state index contributed by atoms with van der Waals surface area (Å²) in [7, 11) is 0. The van der Waals surface area contributed by atoms with Gasteiger partial charge in [-0.15, -0.1) is 0 Å². The molecular weight excluding hydrogens is 398 g/mol. The van der Waals surface area contributed by atoms with Gasteiger partial charge in [0.15, 0.2) is 0 Å². The van der Waals surface area contributed by atoms with Crippen LogP contribution in [0.3, 0.4) is 0 Å². The number of rotatable bonds is 8. The molecule has 31 heavy (non-hydrogen) atoms. The molecule has 1 heterocycles. The van der Waals surface area contributed by atoms with E-state index in [1.54, 1.807) is 18.7 Å². The van der Waals surface area contributed by atoms with Gasteiger partial charge in [-0.25, -0.2) is 4.79 Å². The Morgan fingerprint density at radius 3 is 2.29 bits per heavy atom. The zero-order valence-corrected chi connectivity index (χ0v) is 20.1. The van der Waals surface area contributed by atoms with Crippen LogP contribution in [0, 0.1) is 5.92 Å². The summed E-state index contributed by atoms with van der Waals surface area (Å²) in [4.78, 5) is 38.5. The van der Waals surface area contributed by atoms with Gasteiger partial charge in [-0.2, -0.15) is 0 Å². The largest absolute Gasteiger partial charge is 0.480 e. The highest BCUT2D eigenvalue weighted by molar-refractivity contribution is 5.88. The van der Waals surface area contributed by atoms with E-state index in [1.165, 1.54) is 0 Å². The summed E-state index contributed by atoms with van der Waals surface area (Å²) in [6, 6.07) is -1.92. The van der Waals surface area contributed by atoms with E-state index in [0.717, 1.165) is 32.1 Å². The van der Waals surface area contributed by atoms with E-state index in [9.17, 15) is 19.5 Å². The number of hydrogen-bond donors (Lipinski definition) is 3. The summed E-state index contributed by atoms with van der Waals surface area (Å²) >= 11 is 0. The summed E-state index contributed by atoms with van der Waals surface area (Å²) in [5.74, 6) is -1.24. The molecule has 8 heteroatoms. The number of esters is 1. The average molecular weight is 442 g/mol. The van der Waals surface area contributed by atoms with Gasteiger partial charge in [0.05, 0.1) is 12.6 Å². The van der Waals surface area contributed by atoms with Gasteiger partial charge >= 0.3 is 11.9 Å². The van der Waals surface area contributed by atoms with Crippen LogP contribution in [-0.4, -0.2) is 64.2 Å². The van der Waals surface area contributed by atoms with Crippen molar-refractivity contribution in [3.8, 4) is 0 Å². The average Bonchev–Trinajstić information content (AvgIpc) is 3.05. The lowest BCUT2D eigenvalue weighted by atomic mass is 9.84. The number of hydrogen-bond acceptors (Lipinski definition) is 6. The number of likely N-dealkylation sites (tertiary alicyclic amines) is 1. The minimum atomic E-state index is -0.935. The lowest BCUT2D eigenvalue weighted by Gasteiger charge is -2.35. The highest BCUT2D eigenvalue weighted by Gasteiger charge is 2.48. The third kappa shape index (κ3) is 8.77. The number of carboxylic acids is 1. The molecule has 0 bridgehead atoms. The zero-order chi connectivity index (χ0) is 23.8. The van der Waals surface area contributed by atoms with Crippen LogP contribution >= 0.6 is 0 Å². The normalized spacial score (nSPS) is 25.0. The molecule has 0 radical (unpaired) electrons. The van der Waals surface area contributed by atoms with Crippen LogP contribution in [-0.2, 0) is 19.1 Å². The molecule has 180 valence electrons. The van der Waals surface area contributed by atoms with Crippen molar-refractivity contribution in [2.45, 2.75) is 116 Å². The number of ether oxygens (including phenoxy) is 1. The van der Waals surface area contributed by atoms with Crippen molar-refractivity contribution in [3.63, 3.8) is 0 Å². The van der Waals surface area contributed by atoms with E-state index in [0.29, 0.717) is 19.4 Å². The van der Waals surface area contributed by atoms with Gasteiger partial charge < -0.3 is 20.5 Å². The van der Waals surface area contributed by atoms with Gasteiger partial charge in [0.2, 0.25) is 5.91 Å². The van der Waals surface area contributed by atoms with Crippen molar-refractivity contribution in [1.29, 1.82) is 0 Å². The molecule has 2 rings (SSSR count). The Labute approximate surface area is 187 Å². The molecule has 0 aromatic heterocycles. The predicted octanol–water partition coefficient (Wildman–Crippen LogP) is 2.68. The van der Waals surface area contributed by atoms with Crippen molar-refractivity contribution in [3.05, 3.63) is 0 Å². The molecule has 1 unspecified atom stereocenters. The molecule has 4 N–H and O–H groups in total. The molecule has 1 aliphatic carbocycles. The third-order valence-corrected chi connectivity index (χ3v) is 5.60. The van der Waals surface area contributed by atoms with Crippen molar-refractivity contribution >= 4 is 17.8 Å². The van der Waals surface area contributed by atoms with Crippen molar-refractivity contribution in [2.24, 2.45) is 11.7 Å². The number of carbonyl (C=O) groups excluding carboxylic acids is 2. The maximum absolute atomic E-state index is 13.1. The quantitative estimate of drug-likeness (QED) is 0.495. The fourth-order valence-corrected chi connectivity index (χ4v) is 4.39. The zero-order valence-electron chi connectivity index (χ0n) is 20.1. The number of fused-ring (bicyclic) bond motifs is 1. The van der Waals surface area contributed by atoms with Crippen LogP contribution in [0.4, 0.5) is 0 Å². The topological polar surface area (TPSA) is 122 Å². The highest BCUT2D eigenvalue weighted by Crippen LogP contribution is 2.40. The van der Waals surface area contributed by atoms with Gasteiger partial charge in [-0.3, -0.25) is 14.9 Å². The minimum Gasteiger partial charge on any atom is -0.480 e. The Balaban J connectivity index is 0.000000861. The lowest BCUT2D eigenvalue weighted by molar-refractivity contribution is -0.152. The van der Waals surface area contributed by atoms with Crippen LogP contribution in [0.25, 0.3) is 0 Å². The summed E-state index contributed by atoms with van der Waals surface area (Å²) < 4.78 is 5.09. The van der Waals surface area contributed by atoms with E-state index >= 15 is 0 Å². The van der Waals surface area contributed by atoms with Gasteiger partial charge in [0, 0.05) is 11.6 Å². The first-order valence-electron chi connectivity index (χ1n) is 11.7. The number of amides is 1. The van der Waals surface area contributed by atoms with Gasteiger partial charge in [0.25, 0.3) is 0 Å². The molecule has 1 saturated heterocycles. The van der Waals surface area contributed by atoms with Gasteiger partial charge in [-0.05, 0) is 66.2 Å². The first kappa shape index (κ1) is 27.4. The summed E-state index contributed by atoms with van der Waals surface area (Å²) in [6.07, 6.45) is 5.87. The standard InChI is InChI=1S/C19H32N2O5.C4H11N/c1-4-8-14(19(25)26-5-2)20-12(3)17(22)21-15-10-7-6-9-13(15)11-16(21)18(23)24;1-4(2,3)5/h12-16,20H,4-11H2,1-3H3,(H,23,24);5H2,1-3H3/t12-,13?,14-,15-,16-;/m0./s1. The van der Waals surface area contributed by atoms with Crippen LogP contribution < -0.4 is 11.1 Å². The predicted molar refractivity (Wildman–Crippen MR) is 120 cm³/mol. The molecule has 2 fully saturated rings. The number of nitrogens with two attached hydrogens (primary N) is 1. The summed E-state index contributed by atoms with van der Waals surface area (Å²) in [6.45, 7) is 11.6. The molecule has 0 aromatic carbocycles. The number of nitrogens with one attached hydrogen (secondary N) is 1. The second-order valence-electron chi connectivity index (χ2n) is 9.79. The minimum absolute atomic E-state index is 0. The SMILES string of the molecule is CC(C)(C)N.CCC[C@H](N[C@@H](C)C(=O)N1[C@H](C(=O)O)CC2CCCC[C@@H]21)C(=O)OCC. The fourth-order valence-electron chi connectivity index (χ4n) is 4.39. The second-order valence-corrected chi connectivity index (χ2v) is 9.79. The van der Waals surface area contributed by atoms with E-state index < -0.39 is 24.1 Å². The molecule has 5 atom stereocenters. The molecule has 8 nitrogen and oxygen atoms in total. The van der Waals surface area contributed by atoms with Gasteiger partial charge in [-0.1, -0.05) is 26.2 Å². The fraction of sp³-hybridized carbons (Fsp3) is 0.870. The molecule has 0 aromatic rings. The third-order valence-electron chi connectivity index (χ3n) is 5.60. The maximum Gasteiger partial charge on any atom is 0.326 e. The molecule has 0 spiro atoms. The van der Waals surface area contributed by atoms with Crippen molar-refractivity contribution in [2.75, 3.05) is 6.61 Å². The molecule has 2 aliphatic rings. The molecule has 1 amide bonds. The Morgan fingerprint density at radius 1 is 1.19 bits per heavy atom. The van der Waals surface area contributed by atoms with Crippen molar-refractivity contribution in [1.82, 2.24) is 10.2 Å². The molecule has 1 saturated carbocycles. The highest BCUT2D eigenvalue weighted by atomic mass is 16.5. The number of aliphatic carboxylic acids is 1. The van der Waals surface area contributed by atoms with Gasteiger partial charge in [0.1, 0.15) is 12.1 Å². The Bertz CT molecular complexity index is 599. The Hall–Kier alpha value is -1.67. The first-order valence-corrected chi connectivity index (χ1v) is 11.7. The summed E-state index contributed by atoms with van der Waals surface area (Å²) in [5, 5.41) is 12.7.